The van der Waals surface area contributed by atoms with Gasteiger partial charge >= 0.3 is 0 Å². The summed E-state index contributed by atoms with van der Waals surface area (Å²) in [6.07, 6.45) is 1.72. The van der Waals surface area contributed by atoms with Gasteiger partial charge in [-0.3, -0.25) is 4.90 Å². The van der Waals surface area contributed by atoms with Crippen molar-refractivity contribution < 1.29 is 4.42 Å². The predicted octanol–water partition coefficient (Wildman–Crippen LogP) is 3.12. The summed E-state index contributed by atoms with van der Waals surface area (Å²) < 4.78 is 5.31. The minimum Gasteiger partial charge on any atom is -0.468 e. The van der Waals surface area contributed by atoms with Crippen LogP contribution in [-0.2, 0) is 6.54 Å². The van der Waals surface area contributed by atoms with E-state index in [0.717, 1.165) is 25.4 Å². The maximum absolute atomic E-state index is 5.31. The SMILES string of the molecule is CC(C)CN(C(C)C)C(C)CNCc1ccco1. The first-order valence-electron chi connectivity index (χ1n) is 6.99. The van der Waals surface area contributed by atoms with E-state index < -0.39 is 0 Å². The molecule has 0 aromatic carbocycles. The lowest BCUT2D eigenvalue weighted by Crippen LogP contribution is -2.45. The number of nitrogens with zero attached hydrogens (tertiary/aromatic N) is 1. The molecule has 1 N–H and O–H groups in total. The average molecular weight is 252 g/mol. The summed E-state index contributed by atoms with van der Waals surface area (Å²) in [7, 11) is 0. The van der Waals surface area contributed by atoms with Gasteiger partial charge in [-0.2, -0.15) is 0 Å². The minimum atomic E-state index is 0.544. The summed E-state index contributed by atoms with van der Waals surface area (Å²) in [6.45, 7) is 14.3. The summed E-state index contributed by atoms with van der Waals surface area (Å²) in [5, 5.41) is 3.46. The van der Waals surface area contributed by atoms with Gasteiger partial charge in [-0.1, -0.05) is 13.8 Å². The van der Waals surface area contributed by atoms with Crippen LogP contribution in [0.1, 0.15) is 40.4 Å². The summed E-state index contributed by atoms with van der Waals surface area (Å²) in [5.41, 5.74) is 0. The van der Waals surface area contributed by atoms with Crippen molar-refractivity contribution >= 4 is 0 Å². The number of hydrogen-bond donors (Lipinski definition) is 1. The van der Waals surface area contributed by atoms with Crippen molar-refractivity contribution in [1.29, 1.82) is 0 Å². The molecule has 0 fully saturated rings. The second-order valence-corrected chi connectivity index (χ2v) is 5.74. The maximum Gasteiger partial charge on any atom is 0.117 e. The molecule has 1 heterocycles. The van der Waals surface area contributed by atoms with Gasteiger partial charge in [0.05, 0.1) is 12.8 Å². The van der Waals surface area contributed by atoms with Crippen molar-refractivity contribution in [2.75, 3.05) is 13.1 Å². The van der Waals surface area contributed by atoms with E-state index in [2.05, 4.69) is 44.8 Å². The summed E-state index contributed by atoms with van der Waals surface area (Å²) in [4.78, 5) is 2.56. The number of nitrogens with one attached hydrogen (secondary N) is 1. The molecule has 3 nitrogen and oxygen atoms in total. The van der Waals surface area contributed by atoms with Crippen molar-refractivity contribution in [2.24, 2.45) is 5.92 Å². The Hall–Kier alpha value is -0.800. The molecule has 1 aromatic rings. The maximum atomic E-state index is 5.31. The molecule has 104 valence electrons. The van der Waals surface area contributed by atoms with Crippen molar-refractivity contribution in [3.63, 3.8) is 0 Å². The third kappa shape index (κ3) is 5.23. The lowest BCUT2D eigenvalue weighted by molar-refractivity contribution is 0.142. The van der Waals surface area contributed by atoms with Gasteiger partial charge in [-0.15, -0.1) is 0 Å². The Morgan fingerprint density at radius 1 is 1.22 bits per heavy atom. The fourth-order valence-electron chi connectivity index (χ4n) is 2.26. The van der Waals surface area contributed by atoms with Crippen LogP contribution in [0.15, 0.2) is 22.8 Å². The van der Waals surface area contributed by atoms with Crippen LogP contribution in [0.5, 0.6) is 0 Å². The van der Waals surface area contributed by atoms with Crippen LogP contribution in [0.2, 0.25) is 0 Å². The number of furan rings is 1. The lowest BCUT2D eigenvalue weighted by atomic mass is 10.1. The van der Waals surface area contributed by atoms with Gasteiger partial charge in [0.15, 0.2) is 0 Å². The van der Waals surface area contributed by atoms with Gasteiger partial charge < -0.3 is 9.73 Å². The van der Waals surface area contributed by atoms with Crippen molar-refractivity contribution in [3.8, 4) is 0 Å². The zero-order valence-corrected chi connectivity index (χ0v) is 12.4. The third-order valence-electron chi connectivity index (χ3n) is 3.12. The molecule has 0 radical (unpaired) electrons. The highest BCUT2D eigenvalue weighted by Gasteiger charge is 2.17. The highest BCUT2D eigenvalue weighted by molar-refractivity contribution is 4.97. The molecule has 18 heavy (non-hydrogen) atoms. The van der Waals surface area contributed by atoms with E-state index in [1.807, 2.05) is 12.1 Å². The first-order chi connectivity index (χ1) is 8.50. The molecule has 0 amide bonds. The fraction of sp³-hybridized carbons (Fsp3) is 0.733. The van der Waals surface area contributed by atoms with E-state index in [0.29, 0.717) is 18.0 Å². The van der Waals surface area contributed by atoms with E-state index >= 15 is 0 Å². The standard InChI is InChI=1S/C15H28N2O/c1-12(2)11-17(13(3)4)14(5)9-16-10-15-7-6-8-18-15/h6-8,12-14,16H,9-11H2,1-5H3. The molecule has 1 unspecified atom stereocenters. The van der Waals surface area contributed by atoms with Crippen LogP contribution in [0.25, 0.3) is 0 Å². The zero-order valence-electron chi connectivity index (χ0n) is 12.4. The fourth-order valence-corrected chi connectivity index (χ4v) is 2.26. The quantitative estimate of drug-likeness (QED) is 0.770. The van der Waals surface area contributed by atoms with E-state index in [1.165, 1.54) is 0 Å². The second-order valence-electron chi connectivity index (χ2n) is 5.74. The Labute approximate surface area is 112 Å². The van der Waals surface area contributed by atoms with E-state index in [1.54, 1.807) is 6.26 Å². The third-order valence-corrected chi connectivity index (χ3v) is 3.12. The van der Waals surface area contributed by atoms with Crippen LogP contribution in [0, 0.1) is 5.92 Å². The molecule has 0 aliphatic heterocycles. The van der Waals surface area contributed by atoms with E-state index in [9.17, 15) is 0 Å². The van der Waals surface area contributed by atoms with Gasteiger partial charge in [0.25, 0.3) is 0 Å². The molecule has 1 aromatic heterocycles. The molecular formula is C15H28N2O. The van der Waals surface area contributed by atoms with Gasteiger partial charge in [0.1, 0.15) is 5.76 Å². The van der Waals surface area contributed by atoms with Crippen molar-refractivity contribution in [1.82, 2.24) is 10.2 Å². The molecule has 0 saturated heterocycles. The van der Waals surface area contributed by atoms with Crippen LogP contribution >= 0.6 is 0 Å². The van der Waals surface area contributed by atoms with E-state index in [-0.39, 0.29) is 0 Å². The smallest absolute Gasteiger partial charge is 0.117 e. The second kappa shape index (κ2) is 7.59. The van der Waals surface area contributed by atoms with Crippen molar-refractivity contribution in [3.05, 3.63) is 24.2 Å². The molecule has 1 rings (SSSR count). The van der Waals surface area contributed by atoms with Crippen LogP contribution in [0.4, 0.5) is 0 Å². The lowest BCUT2D eigenvalue weighted by Gasteiger charge is -2.34. The summed E-state index contributed by atoms with van der Waals surface area (Å²) in [5.74, 6) is 1.71. The Morgan fingerprint density at radius 2 is 1.94 bits per heavy atom. The van der Waals surface area contributed by atoms with Crippen LogP contribution < -0.4 is 5.32 Å². The van der Waals surface area contributed by atoms with Crippen LogP contribution in [-0.4, -0.2) is 30.1 Å². The van der Waals surface area contributed by atoms with Crippen molar-refractivity contribution in [2.45, 2.75) is 53.2 Å². The first-order valence-corrected chi connectivity index (χ1v) is 6.99. The number of hydrogen-bond acceptors (Lipinski definition) is 3. The highest BCUT2D eigenvalue weighted by atomic mass is 16.3. The highest BCUT2D eigenvalue weighted by Crippen LogP contribution is 2.09. The largest absolute Gasteiger partial charge is 0.468 e. The zero-order chi connectivity index (χ0) is 13.5. The van der Waals surface area contributed by atoms with Gasteiger partial charge in [0, 0.05) is 25.2 Å². The Kier molecular flexibility index (Phi) is 6.44. The first kappa shape index (κ1) is 15.3. The molecule has 0 spiro atoms. The van der Waals surface area contributed by atoms with Gasteiger partial charge in [-0.25, -0.2) is 0 Å². The predicted molar refractivity (Wildman–Crippen MR) is 76.6 cm³/mol. The monoisotopic (exact) mass is 252 g/mol. The molecule has 1 atom stereocenters. The van der Waals surface area contributed by atoms with Gasteiger partial charge in [0.2, 0.25) is 0 Å². The topological polar surface area (TPSA) is 28.4 Å². The summed E-state index contributed by atoms with van der Waals surface area (Å²) >= 11 is 0. The van der Waals surface area contributed by atoms with E-state index in [4.69, 9.17) is 4.42 Å². The Bertz CT molecular complexity index is 306. The molecule has 0 aliphatic rings. The minimum absolute atomic E-state index is 0.544. The Balaban J connectivity index is 2.34. The molecule has 0 bridgehead atoms. The summed E-state index contributed by atoms with van der Waals surface area (Å²) in [6, 6.07) is 5.07. The average Bonchev–Trinajstić information content (AvgIpc) is 2.78. The molecule has 3 heteroatoms. The van der Waals surface area contributed by atoms with Gasteiger partial charge in [-0.05, 0) is 38.8 Å². The molecular weight excluding hydrogens is 224 g/mol. The number of rotatable bonds is 8. The normalized spacial score (nSPS) is 13.8. The van der Waals surface area contributed by atoms with Crippen LogP contribution in [0.3, 0.4) is 0 Å². The Morgan fingerprint density at radius 3 is 2.44 bits per heavy atom. The molecule has 0 saturated carbocycles. The molecule has 0 aliphatic carbocycles.